The summed E-state index contributed by atoms with van der Waals surface area (Å²) >= 11 is 0. The van der Waals surface area contributed by atoms with E-state index in [0.717, 1.165) is 5.56 Å². The molecule has 1 aliphatic rings. The van der Waals surface area contributed by atoms with Gasteiger partial charge in [-0.3, -0.25) is 4.79 Å². The third kappa shape index (κ3) is 1.25. The Morgan fingerprint density at radius 3 is 3.00 bits per heavy atom. The monoisotopic (exact) mass is 191 g/mol. The molecule has 0 spiro atoms. The molecule has 1 N–H and O–H groups in total. The van der Waals surface area contributed by atoms with E-state index < -0.39 is 5.97 Å². The first-order valence-electron chi connectivity index (χ1n) is 4.22. The molecule has 0 atom stereocenters. The van der Waals surface area contributed by atoms with Crippen LogP contribution in [0.25, 0.3) is 0 Å². The molecule has 0 fully saturated rings. The molecule has 0 unspecified atom stereocenters. The fourth-order valence-electron chi connectivity index (χ4n) is 1.55. The second kappa shape index (κ2) is 3.14. The Labute approximate surface area is 80.9 Å². The number of methoxy groups -OCH3 is 1. The van der Waals surface area contributed by atoms with Gasteiger partial charge in [0.1, 0.15) is 0 Å². The van der Waals surface area contributed by atoms with Gasteiger partial charge >= 0.3 is 5.97 Å². The number of fused-ring (bicyclic) bond motifs is 1. The summed E-state index contributed by atoms with van der Waals surface area (Å²) in [5.74, 6) is -0.491. The van der Waals surface area contributed by atoms with Crippen LogP contribution in [0, 0.1) is 0 Å². The lowest BCUT2D eigenvalue weighted by Crippen LogP contribution is -2.05. The average molecular weight is 191 g/mol. The molecule has 1 aromatic carbocycles. The smallest absolute Gasteiger partial charge is 0.338 e. The largest absolute Gasteiger partial charge is 0.465 e. The van der Waals surface area contributed by atoms with E-state index in [1.165, 1.54) is 7.11 Å². The maximum Gasteiger partial charge on any atom is 0.338 e. The number of carbonyl (C=O) groups excluding carboxylic acids is 2. The van der Waals surface area contributed by atoms with Crippen LogP contribution in [-0.2, 0) is 16.0 Å². The summed E-state index contributed by atoms with van der Waals surface area (Å²) in [5.41, 5.74) is 1.89. The molecule has 1 amide bonds. The standard InChI is InChI=1S/C10H9NO3/c1-14-10(13)6-3-2-4-8-7(6)5-9(12)11-8/h2-4H,5H2,1H3,(H,11,12). The van der Waals surface area contributed by atoms with Crippen LogP contribution in [-0.4, -0.2) is 19.0 Å². The van der Waals surface area contributed by atoms with Crippen molar-refractivity contribution in [2.75, 3.05) is 12.4 Å². The fourth-order valence-corrected chi connectivity index (χ4v) is 1.55. The molecule has 1 heterocycles. The maximum atomic E-state index is 11.3. The van der Waals surface area contributed by atoms with Crippen molar-refractivity contribution in [1.29, 1.82) is 0 Å². The second-order valence-electron chi connectivity index (χ2n) is 3.05. The summed E-state index contributed by atoms with van der Waals surface area (Å²) in [5, 5.41) is 2.67. The molecule has 1 aliphatic heterocycles. The number of benzene rings is 1. The van der Waals surface area contributed by atoms with Crippen molar-refractivity contribution in [1.82, 2.24) is 0 Å². The van der Waals surface area contributed by atoms with E-state index in [-0.39, 0.29) is 12.3 Å². The SMILES string of the molecule is COC(=O)c1cccc2c1CC(=O)N2. The van der Waals surface area contributed by atoms with Gasteiger partial charge in [0, 0.05) is 5.69 Å². The second-order valence-corrected chi connectivity index (χ2v) is 3.05. The predicted molar refractivity (Wildman–Crippen MR) is 50.1 cm³/mol. The zero-order valence-corrected chi connectivity index (χ0v) is 7.66. The number of rotatable bonds is 1. The molecule has 0 saturated heterocycles. The minimum atomic E-state index is -0.404. The highest BCUT2D eigenvalue weighted by Crippen LogP contribution is 2.26. The summed E-state index contributed by atoms with van der Waals surface area (Å²) in [4.78, 5) is 22.4. The third-order valence-corrected chi connectivity index (χ3v) is 2.19. The highest BCUT2D eigenvalue weighted by Gasteiger charge is 2.23. The van der Waals surface area contributed by atoms with Gasteiger partial charge in [0.05, 0.1) is 19.1 Å². The van der Waals surface area contributed by atoms with E-state index in [9.17, 15) is 9.59 Å². The highest BCUT2D eigenvalue weighted by molar-refractivity contribution is 6.04. The summed E-state index contributed by atoms with van der Waals surface area (Å²) in [6.45, 7) is 0. The molecule has 4 heteroatoms. The van der Waals surface area contributed by atoms with E-state index in [1.54, 1.807) is 18.2 Å². The zero-order chi connectivity index (χ0) is 10.1. The van der Waals surface area contributed by atoms with E-state index in [4.69, 9.17) is 0 Å². The number of hydrogen-bond acceptors (Lipinski definition) is 3. The van der Waals surface area contributed by atoms with Crippen molar-refractivity contribution in [3.8, 4) is 0 Å². The lowest BCUT2D eigenvalue weighted by atomic mass is 10.1. The Balaban J connectivity index is 2.49. The van der Waals surface area contributed by atoms with Crippen molar-refractivity contribution in [3.63, 3.8) is 0 Å². The molecule has 0 radical (unpaired) electrons. The third-order valence-electron chi connectivity index (χ3n) is 2.19. The van der Waals surface area contributed by atoms with Gasteiger partial charge in [-0.1, -0.05) is 6.07 Å². The number of carbonyl (C=O) groups is 2. The number of amides is 1. The zero-order valence-electron chi connectivity index (χ0n) is 7.66. The first kappa shape index (κ1) is 8.74. The first-order chi connectivity index (χ1) is 6.72. The van der Waals surface area contributed by atoms with Gasteiger partial charge in [-0.05, 0) is 17.7 Å². The Kier molecular flexibility index (Phi) is 1.96. The molecule has 4 nitrogen and oxygen atoms in total. The van der Waals surface area contributed by atoms with Crippen LogP contribution in [0.3, 0.4) is 0 Å². The lowest BCUT2D eigenvalue weighted by molar-refractivity contribution is -0.115. The number of anilines is 1. The van der Waals surface area contributed by atoms with E-state index >= 15 is 0 Å². The predicted octanol–water partition coefficient (Wildman–Crippen LogP) is 0.968. The van der Waals surface area contributed by atoms with Gasteiger partial charge in [-0.25, -0.2) is 4.79 Å². The van der Waals surface area contributed by atoms with Gasteiger partial charge in [0.25, 0.3) is 0 Å². The van der Waals surface area contributed by atoms with Crippen molar-refractivity contribution in [2.24, 2.45) is 0 Å². The Bertz CT molecular complexity index is 412. The van der Waals surface area contributed by atoms with Gasteiger partial charge in [-0.2, -0.15) is 0 Å². The van der Waals surface area contributed by atoms with Gasteiger partial charge < -0.3 is 10.1 Å². The summed E-state index contributed by atoms with van der Waals surface area (Å²) in [6, 6.07) is 5.15. The Morgan fingerprint density at radius 1 is 1.50 bits per heavy atom. The molecule has 2 rings (SSSR count). The van der Waals surface area contributed by atoms with Crippen molar-refractivity contribution in [3.05, 3.63) is 29.3 Å². The van der Waals surface area contributed by atoms with Gasteiger partial charge in [-0.15, -0.1) is 0 Å². The highest BCUT2D eigenvalue weighted by atomic mass is 16.5. The van der Waals surface area contributed by atoms with Crippen LogP contribution in [0.5, 0.6) is 0 Å². The van der Waals surface area contributed by atoms with Crippen LogP contribution < -0.4 is 5.32 Å². The van der Waals surface area contributed by atoms with Crippen molar-refractivity contribution >= 4 is 17.6 Å². The summed E-state index contributed by atoms with van der Waals surface area (Å²) in [7, 11) is 1.33. The molecule has 0 bridgehead atoms. The van der Waals surface area contributed by atoms with Crippen molar-refractivity contribution in [2.45, 2.75) is 6.42 Å². The molecular weight excluding hydrogens is 182 g/mol. The first-order valence-corrected chi connectivity index (χ1v) is 4.22. The van der Waals surface area contributed by atoms with E-state index in [0.29, 0.717) is 11.3 Å². The molecular formula is C10H9NO3. The summed E-state index contributed by atoms with van der Waals surface area (Å²) in [6.07, 6.45) is 0.251. The molecule has 0 aliphatic carbocycles. The molecule has 0 aromatic heterocycles. The van der Waals surface area contributed by atoms with Gasteiger partial charge in [0.15, 0.2) is 0 Å². The molecule has 1 aromatic rings. The quantitative estimate of drug-likeness (QED) is 0.673. The van der Waals surface area contributed by atoms with Crippen LogP contribution in [0.1, 0.15) is 15.9 Å². The van der Waals surface area contributed by atoms with Gasteiger partial charge in [0.2, 0.25) is 5.91 Å². The number of ether oxygens (including phenoxy) is 1. The fraction of sp³-hybridized carbons (Fsp3) is 0.200. The average Bonchev–Trinajstić information content (AvgIpc) is 2.56. The topological polar surface area (TPSA) is 55.4 Å². The summed E-state index contributed by atoms with van der Waals surface area (Å²) < 4.78 is 4.62. The van der Waals surface area contributed by atoms with E-state index in [2.05, 4.69) is 10.1 Å². The molecule has 0 saturated carbocycles. The van der Waals surface area contributed by atoms with Crippen LogP contribution in [0.15, 0.2) is 18.2 Å². The molecule has 72 valence electrons. The minimum Gasteiger partial charge on any atom is -0.465 e. The van der Waals surface area contributed by atoms with Crippen LogP contribution >= 0.6 is 0 Å². The Hall–Kier alpha value is -1.84. The minimum absolute atomic E-state index is 0.0867. The maximum absolute atomic E-state index is 11.3. The number of hydrogen-bond donors (Lipinski definition) is 1. The van der Waals surface area contributed by atoms with Crippen LogP contribution in [0.4, 0.5) is 5.69 Å². The normalized spacial score (nSPS) is 13.4. The Morgan fingerprint density at radius 2 is 2.29 bits per heavy atom. The van der Waals surface area contributed by atoms with Crippen LogP contribution in [0.2, 0.25) is 0 Å². The number of nitrogens with one attached hydrogen (secondary N) is 1. The number of esters is 1. The van der Waals surface area contributed by atoms with Crippen molar-refractivity contribution < 1.29 is 14.3 Å². The van der Waals surface area contributed by atoms with E-state index in [1.807, 2.05) is 0 Å². The lowest BCUT2D eigenvalue weighted by Gasteiger charge is -2.03. The molecule has 14 heavy (non-hydrogen) atoms.